The fourth-order valence-electron chi connectivity index (χ4n) is 1.60. The highest BCUT2D eigenvalue weighted by atomic mass is 35.5. The molecule has 0 aliphatic carbocycles. The van der Waals surface area contributed by atoms with E-state index in [9.17, 15) is 79.4 Å². The van der Waals surface area contributed by atoms with Crippen LogP contribution in [0.2, 0.25) is 0 Å². The summed E-state index contributed by atoms with van der Waals surface area (Å²) >= 11 is 3.77. The molecule has 19 heteroatoms. The molecule has 0 rings (SSSR count). The molecule has 0 aromatic rings. The minimum absolute atomic E-state index is 3.77. The summed E-state index contributed by atoms with van der Waals surface area (Å²) in [7, 11) is 0. The smallest absolute Gasteiger partial charge is 0.274 e. The van der Waals surface area contributed by atoms with E-state index in [0.29, 0.717) is 0 Å². The third kappa shape index (κ3) is 3.87. The van der Waals surface area contributed by atoms with E-state index in [4.69, 9.17) is 0 Å². The molecule has 0 radical (unpaired) electrons. The highest BCUT2D eigenvalue weighted by Crippen LogP contribution is 2.61. The predicted octanol–water partition coefficient (Wildman–Crippen LogP) is 5.84. The summed E-state index contributed by atoms with van der Waals surface area (Å²) in [4.78, 5) is 10.1. The monoisotopic (exact) mass is 510 g/mol. The minimum Gasteiger partial charge on any atom is -0.274 e. The molecule has 0 heterocycles. The number of halogens is 18. The Morgan fingerprint density at radius 2 is 0.900 bits per heavy atom. The van der Waals surface area contributed by atoms with Crippen molar-refractivity contribution in [3.63, 3.8) is 0 Å². The highest BCUT2D eigenvalue weighted by Gasteiger charge is 2.92. The SMILES string of the molecule is O=C(Cl)C(F)(F)C(F)(F)C(F)(F)C(F)(F)C(F)(F)C(F)(F)C(F)C(F)C(F)C(F)F. The minimum atomic E-state index is -8.43. The molecule has 0 bridgehead atoms. The van der Waals surface area contributed by atoms with Crippen LogP contribution in [0.15, 0.2) is 0 Å². The second kappa shape index (κ2) is 8.03. The zero-order chi connectivity index (χ0) is 24.9. The van der Waals surface area contributed by atoms with E-state index in [1.807, 2.05) is 0 Å². The van der Waals surface area contributed by atoms with Gasteiger partial charge in [0.15, 0.2) is 12.3 Å². The van der Waals surface area contributed by atoms with Crippen molar-refractivity contribution in [2.75, 3.05) is 0 Å². The van der Waals surface area contributed by atoms with Crippen molar-refractivity contribution in [2.24, 2.45) is 0 Å². The van der Waals surface area contributed by atoms with E-state index in [0.717, 1.165) is 0 Å². The van der Waals surface area contributed by atoms with Gasteiger partial charge in [0.1, 0.15) is 0 Å². The van der Waals surface area contributed by atoms with E-state index in [1.165, 1.54) is 0 Å². The summed E-state index contributed by atoms with van der Waals surface area (Å²) in [6.07, 6.45) is -20.3. The van der Waals surface area contributed by atoms with Crippen LogP contribution in [0.1, 0.15) is 0 Å². The lowest BCUT2D eigenvalue weighted by atomic mass is 9.88. The van der Waals surface area contributed by atoms with Gasteiger partial charge in [-0.3, -0.25) is 4.79 Å². The zero-order valence-electron chi connectivity index (χ0n) is 13.0. The fourth-order valence-corrected chi connectivity index (χ4v) is 1.72. The van der Waals surface area contributed by atoms with Gasteiger partial charge in [-0.25, -0.2) is 22.0 Å². The summed E-state index contributed by atoms with van der Waals surface area (Å²) in [5, 5.41) is -3.84. The topological polar surface area (TPSA) is 17.1 Å². The van der Waals surface area contributed by atoms with Crippen LogP contribution < -0.4 is 0 Å². The Labute approximate surface area is 158 Å². The van der Waals surface area contributed by atoms with Gasteiger partial charge in [0, 0.05) is 0 Å². The Morgan fingerprint density at radius 3 is 1.20 bits per heavy atom. The maximum Gasteiger partial charge on any atom is 0.388 e. The van der Waals surface area contributed by atoms with Gasteiger partial charge in [0.25, 0.3) is 11.7 Å². The molecule has 0 aromatic heterocycles. The van der Waals surface area contributed by atoms with Crippen LogP contribution in [0.3, 0.4) is 0 Å². The van der Waals surface area contributed by atoms with Crippen molar-refractivity contribution in [1.29, 1.82) is 0 Å². The average Bonchev–Trinajstić information content (AvgIpc) is 2.58. The van der Waals surface area contributed by atoms with E-state index < -0.39 is 65.7 Å². The molecule has 3 atom stereocenters. The van der Waals surface area contributed by atoms with Gasteiger partial charge in [-0.15, -0.1) is 0 Å². The van der Waals surface area contributed by atoms with Gasteiger partial charge in [-0.05, 0) is 11.6 Å². The first-order valence-electron chi connectivity index (χ1n) is 6.54. The van der Waals surface area contributed by atoms with Crippen LogP contribution in [0, 0.1) is 0 Å². The molecule has 0 fully saturated rings. The summed E-state index contributed by atoms with van der Waals surface area (Å²) in [6.45, 7) is 0. The van der Waals surface area contributed by atoms with Gasteiger partial charge in [0.2, 0.25) is 6.17 Å². The molecule has 1 nitrogen and oxygen atoms in total. The van der Waals surface area contributed by atoms with Gasteiger partial charge in [0.05, 0.1) is 0 Å². The lowest BCUT2D eigenvalue weighted by molar-refractivity contribution is -0.425. The lowest BCUT2D eigenvalue weighted by Gasteiger charge is -2.41. The Kier molecular flexibility index (Phi) is 7.70. The number of rotatable bonds is 10. The second-order valence-corrected chi connectivity index (χ2v) is 5.74. The molecule has 0 aliphatic heterocycles. The van der Waals surface area contributed by atoms with Gasteiger partial charge in [-0.2, -0.15) is 52.7 Å². The van der Waals surface area contributed by atoms with Crippen molar-refractivity contribution in [3.8, 4) is 0 Å². The Morgan fingerprint density at radius 1 is 0.567 bits per heavy atom. The summed E-state index contributed by atoms with van der Waals surface area (Å²) < 4.78 is 220. The summed E-state index contributed by atoms with van der Waals surface area (Å²) in [5.74, 6) is -47.7. The summed E-state index contributed by atoms with van der Waals surface area (Å²) in [5.41, 5.74) is 0. The number of carbonyl (C=O) groups is 1. The molecule has 0 aliphatic rings. The normalized spacial score (nSPS) is 18.4. The average molecular weight is 511 g/mol. The highest BCUT2D eigenvalue weighted by molar-refractivity contribution is 6.65. The third-order valence-electron chi connectivity index (χ3n) is 3.41. The van der Waals surface area contributed by atoms with Gasteiger partial charge in [-0.1, -0.05) is 0 Å². The van der Waals surface area contributed by atoms with Crippen LogP contribution in [0.25, 0.3) is 0 Å². The molecular weight excluding hydrogens is 507 g/mol. The largest absolute Gasteiger partial charge is 0.388 e. The van der Waals surface area contributed by atoms with Crippen molar-refractivity contribution in [2.45, 2.75) is 60.5 Å². The molecule has 0 spiro atoms. The standard InChI is InChI=1S/C11H4ClF17O/c12-5(30)7(20,21)9(24,25)11(28,29)10(26,27)8(22,23)6(18,19)3(15)1(13)2(14)4(16)17/h1-4H. The Balaban J connectivity index is 6.49. The number of hydrogen-bond donors (Lipinski definition) is 0. The molecule has 180 valence electrons. The number of carbonyl (C=O) groups excluding carboxylic acids is 1. The van der Waals surface area contributed by atoms with Crippen LogP contribution >= 0.6 is 11.6 Å². The predicted molar refractivity (Wildman–Crippen MR) is 61.2 cm³/mol. The maximum atomic E-state index is 13.3. The first-order chi connectivity index (χ1) is 12.9. The van der Waals surface area contributed by atoms with Crippen LogP contribution in [0.5, 0.6) is 0 Å². The molecule has 0 amide bonds. The number of alkyl halides is 17. The summed E-state index contributed by atoms with van der Waals surface area (Å²) in [6, 6.07) is 0. The van der Waals surface area contributed by atoms with Crippen LogP contribution in [-0.2, 0) is 4.79 Å². The quantitative estimate of drug-likeness (QED) is 0.267. The molecule has 0 saturated carbocycles. The lowest BCUT2D eigenvalue weighted by Crippen LogP contribution is -2.73. The van der Waals surface area contributed by atoms with E-state index in [1.54, 1.807) is 0 Å². The van der Waals surface area contributed by atoms with Crippen molar-refractivity contribution < 1.29 is 79.4 Å². The van der Waals surface area contributed by atoms with Crippen LogP contribution in [0.4, 0.5) is 74.6 Å². The van der Waals surface area contributed by atoms with Gasteiger partial charge < -0.3 is 0 Å². The first kappa shape index (κ1) is 28.8. The Hall–Kier alpha value is -1.23. The van der Waals surface area contributed by atoms with E-state index >= 15 is 0 Å². The molecule has 0 N–H and O–H groups in total. The molecule has 0 aromatic carbocycles. The third-order valence-corrected chi connectivity index (χ3v) is 3.65. The first-order valence-corrected chi connectivity index (χ1v) is 6.92. The second-order valence-electron chi connectivity index (χ2n) is 5.39. The van der Waals surface area contributed by atoms with Crippen molar-refractivity contribution in [3.05, 3.63) is 0 Å². The zero-order valence-corrected chi connectivity index (χ0v) is 13.8. The van der Waals surface area contributed by atoms with Crippen molar-refractivity contribution >= 4 is 16.8 Å². The van der Waals surface area contributed by atoms with Crippen LogP contribution in [-0.4, -0.2) is 65.7 Å². The molecule has 0 saturated heterocycles. The molecule has 30 heavy (non-hydrogen) atoms. The van der Waals surface area contributed by atoms with Crippen molar-refractivity contribution in [1.82, 2.24) is 0 Å². The maximum absolute atomic E-state index is 13.3. The fraction of sp³-hybridized carbons (Fsp3) is 0.909. The van der Waals surface area contributed by atoms with E-state index in [2.05, 4.69) is 11.6 Å². The van der Waals surface area contributed by atoms with Gasteiger partial charge >= 0.3 is 35.5 Å². The Bertz CT molecular complexity index is 631. The number of hydrogen-bond acceptors (Lipinski definition) is 1. The molecular formula is C11H4ClF17O. The van der Waals surface area contributed by atoms with E-state index in [-0.39, 0.29) is 0 Å². The molecule has 3 unspecified atom stereocenters.